The van der Waals surface area contributed by atoms with Crippen LogP contribution in [-0.2, 0) is 0 Å². The molecule has 12 aromatic rings. The lowest BCUT2D eigenvalue weighted by Crippen LogP contribution is -2.10. The monoisotopic (exact) mass is 840 g/mol. The molecule has 0 saturated carbocycles. The lowest BCUT2D eigenvalue weighted by atomic mass is 9.87. The van der Waals surface area contributed by atoms with Gasteiger partial charge in [0, 0.05) is 33.2 Å². The summed E-state index contributed by atoms with van der Waals surface area (Å²) in [7, 11) is 0. The van der Waals surface area contributed by atoms with E-state index in [-0.39, 0.29) is 0 Å². The maximum Gasteiger partial charge on any atom is 0.0541 e. The van der Waals surface area contributed by atoms with E-state index in [0.29, 0.717) is 0 Å². The van der Waals surface area contributed by atoms with E-state index in [9.17, 15) is 0 Å². The van der Waals surface area contributed by atoms with Gasteiger partial charge in [-0.2, -0.15) is 0 Å². The van der Waals surface area contributed by atoms with Crippen molar-refractivity contribution < 1.29 is 0 Å². The smallest absolute Gasteiger partial charge is 0.0541 e. The number of para-hydroxylation sites is 2. The molecule has 2 heteroatoms. The molecule has 0 bridgehead atoms. The van der Waals surface area contributed by atoms with Crippen molar-refractivity contribution in [1.29, 1.82) is 0 Å². The Morgan fingerprint density at radius 1 is 0.258 bits per heavy atom. The first kappa shape index (κ1) is 38.9. The maximum absolute atomic E-state index is 2.40. The van der Waals surface area contributed by atoms with Crippen molar-refractivity contribution in [2.75, 3.05) is 4.90 Å². The predicted molar refractivity (Wildman–Crippen MR) is 280 cm³/mol. The molecule has 310 valence electrons. The van der Waals surface area contributed by atoms with E-state index < -0.39 is 0 Å². The summed E-state index contributed by atoms with van der Waals surface area (Å²) in [4.78, 5) is 2.40. The Hall–Kier alpha value is -8.72. The molecule has 0 fully saturated rings. The fraction of sp³-hybridized carbons (Fsp3) is 0. The number of benzene rings is 11. The fourth-order valence-corrected chi connectivity index (χ4v) is 9.94. The topological polar surface area (TPSA) is 8.17 Å². The van der Waals surface area contributed by atoms with E-state index >= 15 is 0 Å². The molecule has 12 rings (SSSR count). The van der Waals surface area contributed by atoms with Crippen molar-refractivity contribution in [3.05, 3.63) is 267 Å². The fourth-order valence-electron chi connectivity index (χ4n) is 9.94. The number of anilines is 3. The van der Waals surface area contributed by atoms with Gasteiger partial charge in [-0.05, 0) is 122 Å². The van der Waals surface area contributed by atoms with Gasteiger partial charge in [-0.1, -0.05) is 206 Å². The summed E-state index contributed by atoms with van der Waals surface area (Å²) in [5.74, 6) is 0. The number of nitrogens with zero attached hydrogens (tertiary/aromatic N) is 2. The molecule has 0 aliphatic rings. The lowest BCUT2D eigenvalue weighted by Gasteiger charge is -2.27. The van der Waals surface area contributed by atoms with E-state index in [1.165, 1.54) is 82.6 Å². The molecule has 0 N–H and O–H groups in total. The second-order valence-corrected chi connectivity index (χ2v) is 16.9. The van der Waals surface area contributed by atoms with Gasteiger partial charge >= 0.3 is 0 Å². The predicted octanol–water partition coefficient (Wildman–Crippen LogP) is 17.7. The standard InChI is InChI=1S/C64H44N2/c1-3-18-46(19-4-1)53-24-9-11-27-56(53)58-29-13-14-30-59(58)57-28-12-10-25-54(57)48-36-41-52(42-37-48)65(62-33-17-21-47-20-7-8-26-55(47)62)51-39-34-45(35-40-51)49-38-43-64-61(44-49)60-31-15-16-32-63(60)66(64)50-22-5-2-6-23-50/h1-44H. The van der Waals surface area contributed by atoms with Crippen LogP contribution in [0.2, 0.25) is 0 Å². The Morgan fingerprint density at radius 3 is 1.33 bits per heavy atom. The van der Waals surface area contributed by atoms with Crippen LogP contribution in [0, 0.1) is 0 Å². The van der Waals surface area contributed by atoms with Crippen LogP contribution in [0.15, 0.2) is 267 Å². The first-order valence-electron chi connectivity index (χ1n) is 22.7. The van der Waals surface area contributed by atoms with Crippen LogP contribution in [0.4, 0.5) is 17.1 Å². The summed E-state index contributed by atoms with van der Waals surface area (Å²) in [5.41, 5.74) is 18.9. The zero-order valence-electron chi connectivity index (χ0n) is 36.3. The van der Waals surface area contributed by atoms with Gasteiger partial charge in [0.2, 0.25) is 0 Å². The molecule has 0 aliphatic carbocycles. The highest BCUT2D eigenvalue weighted by Crippen LogP contribution is 2.44. The average Bonchev–Trinajstić information content (AvgIpc) is 3.73. The van der Waals surface area contributed by atoms with Gasteiger partial charge in [-0.15, -0.1) is 0 Å². The Kier molecular flexibility index (Phi) is 9.89. The van der Waals surface area contributed by atoms with Crippen LogP contribution in [0.1, 0.15) is 0 Å². The van der Waals surface area contributed by atoms with Gasteiger partial charge in [-0.25, -0.2) is 0 Å². The van der Waals surface area contributed by atoms with Crippen molar-refractivity contribution in [3.8, 4) is 61.3 Å². The first-order chi connectivity index (χ1) is 32.8. The summed E-state index contributed by atoms with van der Waals surface area (Å²) in [6.45, 7) is 0. The maximum atomic E-state index is 2.40. The van der Waals surface area contributed by atoms with Crippen molar-refractivity contribution in [1.82, 2.24) is 4.57 Å². The third kappa shape index (κ3) is 6.93. The van der Waals surface area contributed by atoms with E-state index in [1.807, 2.05) is 0 Å². The van der Waals surface area contributed by atoms with Crippen LogP contribution in [0.3, 0.4) is 0 Å². The number of hydrogen-bond donors (Lipinski definition) is 0. The van der Waals surface area contributed by atoms with Gasteiger partial charge < -0.3 is 9.47 Å². The molecule has 66 heavy (non-hydrogen) atoms. The number of rotatable bonds is 9. The van der Waals surface area contributed by atoms with Crippen LogP contribution in [-0.4, -0.2) is 4.57 Å². The van der Waals surface area contributed by atoms with Gasteiger partial charge in [0.05, 0.1) is 16.7 Å². The summed E-state index contributed by atoms with van der Waals surface area (Å²) in [6.07, 6.45) is 0. The van der Waals surface area contributed by atoms with Crippen molar-refractivity contribution in [3.63, 3.8) is 0 Å². The molecule has 0 amide bonds. The third-order valence-corrected chi connectivity index (χ3v) is 13.0. The Morgan fingerprint density at radius 2 is 0.697 bits per heavy atom. The molecule has 1 aromatic heterocycles. The van der Waals surface area contributed by atoms with E-state index in [0.717, 1.165) is 28.3 Å². The van der Waals surface area contributed by atoms with Crippen molar-refractivity contribution in [2.45, 2.75) is 0 Å². The molecular formula is C64H44N2. The molecule has 0 atom stereocenters. The van der Waals surface area contributed by atoms with E-state index in [4.69, 9.17) is 0 Å². The van der Waals surface area contributed by atoms with Gasteiger partial charge in [0.15, 0.2) is 0 Å². The van der Waals surface area contributed by atoms with Crippen LogP contribution in [0.25, 0.3) is 93.9 Å². The molecule has 0 saturated heterocycles. The first-order valence-corrected chi connectivity index (χ1v) is 22.7. The number of hydrogen-bond acceptors (Lipinski definition) is 1. The zero-order valence-corrected chi connectivity index (χ0v) is 36.3. The highest BCUT2D eigenvalue weighted by Gasteiger charge is 2.19. The van der Waals surface area contributed by atoms with Crippen LogP contribution in [0.5, 0.6) is 0 Å². The molecule has 11 aromatic carbocycles. The number of aromatic nitrogens is 1. The van der Waals surface area contributed by atoms with Crippen molar-refractivity contribution >= 4 is 49.6 Å². The molecular weight excluding hydrogens is 797 g/mol. The quantitative estimate of drug-likeness (QED) is 0.141. The Balaban J connectivity index is 0.931. The van der Waals surface area contributed by atoms with E-state index in [1.54, 1.807) is 0 Å². The molecule has 1 heterocycles. The second kappa shape index (κ2) is 16.8. The van der Waals surface area contributed by atoms with Crippen molar-refractivity contribution in [2.24, 2.45) is 0 Å². The molecule has 0 radical (unpaired) electrons. The minimum Gasteiger partial charge on any atom is -0.310 e. The summed E-state index contributed by atoms with van der Waals surface area (Å²) < 4.78 is 2.37. The summed E-state index contributed by atoms with van der Waals surface area (Å²) in [6, 6.07) is 96.8. The molecule has 0 spiro atoms. The highest BCUT2D eigenvalue weighted by molar-refractivity contribution is 6.10. The van der Waals surface area contributed by atoms with Gasteiger partial charge in [0.1, 0.15) is 0 Å². The molecule has 0 unspecified atom stereocenters. The molecule has 0 aliphatic heterocycles. The SMILES string of the molecule is c1ccc(-c2ccccc2-c2ccccc2-c2ccccc2-c2ccc(N(c3ccc(-c4ccc5c(c4)c4ccccc4n5-c4ccccc4)cc3)c3cccc4ccccc34)cc2)cc1. The largest absolute Gasteiger partial charge is 0.310 e. The highest BCUT2D eigenvalue weighted by atomic mass is 15.1. The minimum absolute atomic E-state index is 1.09. The average molecular weight is 841 g/mol. The normalized spacial score (nSPS) is 11.3. The second-order valence-electron chi connectivity index (χ2n) is 16.9. The summed E-state index contributed by atoms with van der Waals surface area (Å²) in [5, 5.41) is 4.90. The van der Waals surface area contributed by atoms with Gasteiger partial charge in [-0.3, -0.25) is 0 Å². The Bertz CT molecular complexity index is 3670. The lowest BCUT2D eigenvalue weighted by molar-refractivity contribution is 1.18. The van der Waals surface area contributed by atoms with Crippen LogP contribution >= 0.6 is 0 Å². The third-order valence-electron chi connectivity index (χ3n) is 13.0. The summed E-state index contributed by atoms with van der Waals surface area (Å²) >= 11 is 0. The zero-order chi connectivity index (χ0) is 43.8. The molecule has 2 nitrogen and oxygen atoms in total. The number of fused-ring (bicyclic) bond motifs is 4. The van der Waals surface area contributed by atoms with E-state index in [2.05, 4.69) is 276 Å². The van der Waals surface area contributed by atoms with Gasteiger partial charge in [0.25, 0.3) is 0 Å². The Labute approximate surface area is 385 Å². The van der Waals surface area contributed by atoms with Crippen LogP contribution < -0.4 is 4.90 Å². The minimum atomic E-state index is 1.09.